The van der Waals surface area contributed by atoms with E-state index >= 15 is 0 Å². The van der Waals surface area contributed by atoms with Crippen LogP contribution < -0.4 is 15.0 Å². The molecule has 0 spiro atoms. The summed E-state index contributed by atoms with van der Waals surface area (Å²) < 4.78 is 6.47. The predicted molar refractivity (Wildman–Crippen MR) is 139 cm³/mol. The summed E-state index contributed by atoms with van der Waals surface area (Å²) in [6, 6.07) is 12.2. The normalized spacial score (nSPS) is 19.3. The van der Waals surface area contributed by atoms with E-state index in [-0.39, 0.29) is 0 Å². The molecule has 2 heterocycles. The maximum absolute atomic E-state index is 9.65. The Morgan fingerprint density at radius 1 is 1.21 bits per heavy atom. The van der Waals surface area contributed by atoms with E-state index in [9.17, 15) is 5.26 Å². The number of likely N-dealkylation sites (tertiary alicyclic amines) is 1. The highest BCUT2D eigenvalue weighted by Crippen LogP contribution is 2.43. The van der Waals surface area contributed by atoms with Crippen molar-refractivity contribution in [2.24, 2.45) is 0 Å². The number of piperidine rings is 1. The number of ether oxygens (including phenoxy) is 1. The molecule has 4 rings (SSSR count). The summed E-state index contributed by atoms with van der Waals surface area (Å²) in [5.74, 6) is 1.17. The fraction of sp³-hybridized carbons (Fsp3) is 0.407. The molecule has 0 amide bonds. The molecule has 2 aromatic carbocycles. The molecule has 0 bridgehead atoms. The van der Waals surface area contributed by atoms with Crippen molar-refractivity contribution in [3.63, 3.8) is 0 Å². The van der Waals surface area contributed by atoms with Gasteiger partial charge in [0.15, 0.2) is 0 Å². The molecule has 2 N–H and O–H groups in total. The molecule has 2 aliphatic heterocycles. The first-order chi connectivity index (χ1) is 16.4. The van der Waals surface area contributed by atoms with Crippen LogP contribution >= 0.6 is 11.6 Å². The molecule has 34 heavy (non-hydrogen) atoms. The van der Waals surface area contributed by atoms with Gasteiger partial charge in [0.05, 0.1) is 5.56 Å². The van der Waals surface area contributed by atoms with Gasteiger partial charge in [0.25, 0.3) is 0 Å². The Bertz CT molecular complexity index is 1130. The number of nitriles is 1. The lowest BCUT2D eigenvalue weighted by atomic mass is 9.92. The number of fused-ring (bicyclic) bond motifs is 1. The van der Waals surface area contributed by atoms with Crippen LogP contribution in [0.2, 0.25) is 5.02 Å². The van der Waals surface area contributed by atoms with Gasteiger partial charge in [-0.1, -0.05) is 11.6 Å². The van der Waals surface area contributed by atoms with Crippen molar-refractivity contribution in [1.82, 2.24) is 10.2 Å². The number of anilines is 1. The van der Waals surface area contributed by atoms with Crippen LogP contribution in [0, 0.1) is 16.7 Å². The molecule has 7 heteroatoms. The van der Waals surface area contributed by atoms with Crippen molar-refractivity contribution in [1.29, 1.82) is 10.7 Å². The molecule has 1 saturated heterocycles. The van der Waals surface area contributed by atoms with Gasteiger partial charge in [0, 0.05) is 59.0 Å². The molecule has 0 saturated carbocycles. The average Bonchev–Trinajstić information content (AvgIpc) is 2.84. The molecule has 178 valence electrons. The van der Waals surface area contributed by atoms with Crippen LogP contribution in [0.25, 0.3) is 5.57 Å². The Morgan fingerprint density at radius 2 is 1.97 bits per heavy atom. The van der Waals surface area contributed by atoms with Gasteiger partial charge < -0.3 is 25.3 Å². The van der Waals surface area contributed by atoms with Crippen molar-refractivity contribution in [3.05, 3.63) is 58.2 Å². The Labute approximate surface area is 207 Å². The molecule has 1 atom stereocenters. The lowest BCUT2D eigenvalue weighted by Gasteiger charge is -2.35. The number of hydrogen-bond donors (Lipinski definition) is 2. The summed E-state index contributed by atoms with van der Waals surface area (Å²) in [6.45, 7) is 4.35. The van der Waals surface area contributed by atoms with Gasteiger partial charge >= 0.3 is 0 Å². The third-order valence-corrected chi connectivity index (χ3v) is 7.26. The van der Waals surface area contributed by atoms with E-state index in [1.165, 1.54) is 6.21 Å². The number of hydrogen-bond acceptors (Lipinski definition) is 6. The molecule has 1 fully saturated rings. The summed E-state index contributed by atoms with van der Waals surface area (Å²) in [6.07, 6.45) is 7.34. The molecule has 0 radical (unpaired) electrons. The third-order valence-electron chi connectivity index (χ3n) is 7.02. The molecule has 2 aliphatic rings. The van der Waals surface area contributed by atoms with Gasteiger partial charge in [-0.05, 0) is 83.1 Å². The van der Waals surface area contributed by atoms with Crippen LogP contribution in [0.3, 0.4) is 0 Å². The standard InChI is InChI=1S/C27H32ClN5O/c1-18-4-6-24-25(33(18)3)8-7-23(20(16-30)17-31-22-10-12-32(2)13-11-22)27(24)34-26-9-5-21(28)14-19(26)15-29/h5,7-9,14,16-18,22,30-31H,4,6,10-13H2,1-3H3/b20-17+,30-16?. The van der Waals surface area contributed by atoms with Crippen LogP contribution in [-0.4, -0.2) is 50.4 Å². The summed E-state index contributed by atoms with van der Waals surface area (Å²) in [7, 11) is 4.25. The van der Waals surface area contributed by atoms with Crippen LogP contribution in [0.15, 0.2) is 36.5 Å². The number of benzene rings is 2. The summed E-state index contributed by atoms with van der Waals surface area (Å²) in [5, 5.41) is 21.8. The Morgan fingerprint density at radius 3 is 2.68 bits per heavy atom. The van der Waals surface area contributed by atoms with Gasteiger partial charge in [-0.25, -0.2) is 0 Å². The number of nitrogens with zero attached hydrogens (tertiary/aromatic N) is 3. The zero-order valence-corrected chi connectivity index (χ0v) is 20.8. The van der Waals surface area contributed by atoms with Crippen molar-refractivity contribution < 1.29 is 4.74 Å². The maximum Gasteiger partial charge on any atom is 0.145 e. The highest BCUT2D eigenvalue weighted by molar-refractivity contribution is 6.30. The van der Waals surface area contributed by atoms with Crippen molar-refractivity contribution in [2.45, 2.75) is 44.7 Å². The van der Waals surface area contributed by atoms with E-state index in [1.807, 2.05) is 12.3 Å². The van der Waals surface area contributed by atoms with Crippen LogP contribution in [0.4, 0.5) is 5.69 Å². The average molecular weight is 478 g/mol. The Hall–Kier alpha value is -3.01. The molecule has 2 aromatic rings. The fourth-order valence-electron chi connectivity index (χ4n) is 4.69. The zero-order valence-electron chi connectivity index (χ0n) is 20.1. The second-order valence-electron chi connectivity index (χ2n) is 9.28. The second-order valence-corrected chi connectivity index (χ2v) is 9.72. The molecule has 0 aromatic heterocycles. The molecular formula is C27H32ClN5O. The van der Waals surface area contributed by atoms with E-state index in [0.717, 1.165) is 61.2 Å². The van der Waals surface area contributed by atoms with E-state index < -0.39 is 0 Å². The zero-order chi connectivity index (χ0) is 24.2. The lowest BCUT2D eigenvalue weighted by molar-refractivity contribution is 0.244. The van der Waals surface area contributed by atoms with E-state index in [1.54, 1.807) is 18.2 Å². The summed E-state index contributed by atoms with van der Waals surface area (Å²) >= 11 is 6.11. The number of allylic oxidation sites excluding steroid dienone is 1. The quantitative estimate of drug-likeness (QED) is 0.541. The molecule has 0 aliphatic carbocycles. The second kappa shape index (κ2) is 10.5. The first-order valence-corrected chi connectivity index (χ1v) is 12.2. The van der Waals surface area contributed by atoms with Crippen LogP contribution in [0.5, 0.6) is 11.5 Å². The highest BCUT2D eigenvalue weighted by atomic mass is 35.5. The predicted octanol–water partition coefficient (Wildman–Crippen LogP) is 5.45. The van der Waals surface area contributed by atoms with Gasteiger partial charge in [-0.2, -0.15) is 5.26 Å². The first-order valence-electron chi connectivity index (χ1n) is 11.8. The van der Waals surface area contributed by atoms with Crippen LogP contribution in [0.1, 0.15) is 42.9 Å². The summed E-state index contributed by atoms with van der Waals surface area (Å²) in [5.41, 5.74) is 4.21. The number of nitrogens with one attached hydrogen (secondary N) is 2. The SMILES string of the molecule is CC1CCc2c(ccc(/C(C=N)=C/NC3CCN(C)CC3)c2Oc2ccc(Cl)cc2C#N)N1C. The smallest absolute Gasteiger partial charge is 0.145 e. The Kier molecular flexibility index (Phi) is 7.45. The van der Waals surface area contributed by atoms with Crippen molar-refractivity contribution in [3.8, 4) is 17.6 Å². The minimum absolute atomic E-state index is 0.387. The fourth-order valence-corrected chi connectivity index (χ4v) is 4.86. The largest absolute Gasteiger partial charge is 0.455 e. The minimum atomic E-state index is 0.387. The monoisotopic (exact) mass is 477 g/mol. The molecule has 6 nitrogen and oxygen atoms in total. The van der Waals surface area contributed by atoms with Gasteiger partial charge in [0.2, 0.25) is 0 Å². The van der Waals surface area contributed by atoms with E-state index in [2.05, 4.69) is 48.3 Å². The Balaban J connectivity index is 1.75. The third kappa shape index (κ3) is 5.06. The highest BCUT2D eigenvalue weighted by Gasteiger charge is 2.26. The number of rotatable bonds is 6. The lowest BCUT2D eigenvalue weighted by Crippen LogP contribution is -2.38. The van der Waals surface area contributed by atoms with Crippen molar-refractivity contribution >= 4 is 29.1 Å². The first kappa shape index (κ1) is 24.1. The van der Waals surface area contributed by atoms with Gasteiger partial charge in [-0.3, -0.25) is 0 Å². The van der Waals surface area contributed by atoms with E-state index in [4.69, 9.17) is 21.7 Å². The van der Waals surface area contributed by atoms with Gasteiger partial charge in [0.1, 0.15) is 17.6 Å². The number of halogens is 1. The minimum Gasteiger partial charge on any atom is -0.455 e. The summed E-state index contributed by atoms with van der Waals surface area (Å²) in [4.78, 5) is 4.61. The molecular weight excluding hydrogens is 446 g/mol. The van der Waals surface area contributed by atoms with Crippen molar-refractivity contribution in [2.75, 3.05) is 32.1 Å². The van der Waals surface area contributed by atoms with E-state index in [0.29, 0.717) is 34.2 Å². The molecule has 1 unspecified atom stereocenters. The van der Waals surface area contributed by atoms with Crippen LogP contribution in [-0.2, 0) is 6.42 Å². The maximum atomic E-state index is 9.65. The topological polar surface area (TPSA) is 75.4 Å². The van der Waals surface area contributed by atoms with Gasteiger partial charge in [-0.15, -0.1) is 0 Å².